The minimum atomic E-state index is -0.843. The van der Waals surface area contributed by atoms with Gasteiger partial charge in [0.25, 0.3) is 5.91 Å². The maximum atomic E-state index is 12.5. The van der Waals surface area contributed by atoms with Crippen LogP contribution in [0.4, 0.5) is 5.69 Å². The van der Waals surface area contributed by atoms with Crippen LogP contribution in [0.25, 0.3) is 0 Å². The predicted molar refractivity (Wildman–Crippen MR) is 105 cm³/mol. The van der Waals surface area contributed by atoms with E-state index in [9.17, 15) is 14.4 Å². The summed E-state index contributed by atoms with van der Waals surface area (Å²) in [5.74, 6) is 1.33. The number of carbonyl (C=O) groups is 3. The average molecular weight is 384 g/mol. The van der Waals surface area contributed by atoms with Gasteiger partial charge in [0.05, 0.1) is 5.56 Å². The Morgan fingerprint density at radius 3 is 2.71 bits per heavy atom. The van der Waals surface area contributed by atoms with Gasteiger partial charge in [0.15, 0.2) is 6.10 Å². The lowest BCUT2D eigenvalue weighted by molar-refractivity contribution is -0.130. The number of rotatable bonds is 5. The number of amides is 2. The third kappa shape index (κ3) is 3.77. The zero-order valence-corrected chi connectivity index (χ0v) is 16.5. The summed E-state index contributed by atoms with van der Waals surface area (Å²) in [4.78, 5) is 36.4. The molecule has 6 heteroatoms. The van der Waals surface area contributed by atoms with Crippen molar-refractivity contribution in [3.8, 4) is 0 Å². The van der Waals surface area contributed by atoms with Crippen LogP contribution >= 0.6 is 0 Å². The van der Waals surface area contributed by atoms with Crippen molar-refractivity contribution in [1.82, 2.24) is 5.32 Å². The Kier molecular flexibility index (Phi) is 5.13. The normalized spacial score (nSPS) is 27.5. The van der Waals surface area contributed by atoms with Crippen LogP contribution in [0.15, 0.2) is 18.2 Å². The predicted octanol–water partition coefficient (Wildman–Crippen LogP) is 3.06. The van der Waals surface area contributed by atoms with E-state index in [0.717, 1.165) is 23.1 Å². The van der Waals surface area contributed by atoms with Gasteiger partial charge in [-0.2, -0.15) is 0 Å². The number of benzene rings is 1. The van der Waals surface area contributed by atoms with Crippen molar-refractivity contribution in [2.45, 2.75) is 64.5 Å². The van der Waals surface area contributed by atoms with Crippen LogP contribution < -0.4 is 10.6 Å². The first-order valence-corrected chi connectivity index (χ1v) is 10.3. The lowest BCUT2D eigenvalue weighted by Crippen LogP contribution is -2.45. The molecule has 0 spiro atoms. The third-order valence-corrected chi connectivity index (χ3v) is 6.69. The molecule has 1 aromatic carbocycles. The van der Waals surface area contributed by atoms with E-state index in [1.54, 1.807) is 25.1 Å². The summed E-state index contributed by atoms with van der Waals surface area (Å²) in [6.45, 7) is 3.68. The molecular weight excluding hydrogens is 356 g/mol. The quantitative estimate of drug-likeness (QED) is 0.764. The highest BCUT2D eigenvalue weighted by Gasteiger charge is 2.42. The number of ether oxygens (including phenoxy) is 1. The molecule has 1 aliphatic heterocycles. The Bertz CT molecular complexity index is 806. The zero-order chi connectivity index (χ0) is 19.8. The molecule has 4 rings (SSSR count). The Morgan fingerprint density at radius 1 is 1.18 bits per heavy atom. The summed E-state index contributed by atoms with van der Waals surface area (Å²) in [6, 6.07) is 5.18. The topological polar surface area (TPSA) is 84.5 Å². The van der Waals surface area contributed by atoms with Crippen molar-refractivity contribution < 1.29 is 19.1 Å². The Hall–Kier alpha value is -2.37. The van der Waals surface area contributed by atoms with Crippen molar-refractivity contribution in [3.63, 3.8) is 0 Å². The van der Waals surface area contributed by atoms with E-state index >= 15 is 0 Å². The molecule has 1 aromatic rings. The molecule has 0 saturated heterocycles. The first-order valence-electron chi connectivity index (χ1n) is 10.3. The van der Waals surface area contributed by atoms with E-state index in [1.807, 2.05) is 0 Å². The number of esters is 1. The van der Waals surface area contributed by atoms with Crippen LogP contribution in [0.5, 0.6) is 0 Å². The highest BCUT2D eigenvalue weighted by atomic mass is 16.5. The number of nitrogens with one attached hydrogen (secondary N) is 2. The lowest BCUT2D eigenvalue weighted by Gasteiger charge is -2.29. The first kappa shape index (κ1) is 19.0. The maximum absolute atomic E-state index is 12.5. The van der Waals surface area contributed by atoms with E-state index in [2.05, 4.69) is 17.6 Å². The molecule has 2 aliphatic carbocycles. The van der Waals surface area contributed by atoms with E-state index < -0.39 is 12.1 Å². The van der Waals surface area contributed by atoms with Crippen molar-refractivity contribution in [2.75, 3.05) is 5.32 Å². The molecular formula is C22H28N2O4. The van der Waals surface area contributed by atoms with E-state index in [1.165, 1.54) is 25.7 Å². The molecule has 2 N–H and O–H groups in total. The Balaban J connectivity index is 1.32. The molecule has 1 heterocycles. The Labute approximate surface area is 165 Å². The summed E-state index contributed by atoms with van der Waals surface area (Å²) in [5.41, 5.74) is 2.05. The molecule has 6 nitrogen and oxygen atoms in total. The van der Waals surface area contributed by atoms with Gasteiger partial charge in [0.2, 0.25) is 5.91 Å². The minimum absolute atomic E-state index is 0.0160. The second kappa shape index (κ2) is 7.57. The smallest absolute Gasteiger partial charge is 0.338 e. The third-order valence-electron chi connectivity index (χ3n) is 6.69. The average Bonchev–Trinajstić information content (AvgIpc) is 3.31. The van der Waals surface area contributed by atoms with Crippen LogP contribution in [-0.2, 0) is 20.7 Å². The van der Waals surface area contributed by atoms with Crippen molar-refractivity contribution in [2.24, 2.45) is 17.8 Å². The fourth-order valence-corrected chi connectivity index (χ4v) is 5.15. The zero-order valence-electron chi connectivity index (χ0n) is 16.5. The second-order valence-electron chi connectivity index (χ2n) is 8.60. The van der Waals surface area contributed by atoms with Crippen LogP contribution in [0, 0.1) is 17.8 Å². The van der Waals surface area contributed by atoms with E-state index in [-0.39, 0.29) is 17.9 Å². The summed E-state index contributed by atoms with van der Waals surface area (Å²) in [7, 11) is 0. The second-order valence-corrected chi connectivity index (χ2v) is 8.60. The number of aryl methyl sites for hydroxylation is 1. The fourth-order valence-electron chi connectivity index (χ4n) is 5.15. The molecule has 2 fully saturated rings. The highest BCUT2D eigenvalue weighted by Crippen LogP contribution is 2.49. The fraction of sp³-hybridized carbons (Fsp3) is 0.591. The summed E-state index contributed by atoms with van der Waals surface area (Å²) >= 11 is 0. The van der Waals surface area contributed by atoms with Crippen LogP contribution in [0.1, 0.15) is 61.9 Å². The molecule has 2 bridgehead atoms. The van der Waals surface area contributed by atoms with Crippen molar-refractivity contribution in [3.05, 3.63) is 29.3 Å². The Morgan fingerprint density at radius 2 is 2.00 bits per heavy atom. The van der Waals surface area contributed by atoms with Crippen LogP contribution in [0.2, 0.25) is 0 Å². The van der Waals surface area contributed by atoms with Gasteiger partial charge in [0.1, 0.15) is 0 Å². The SMILES string of the molecule is C[C@H](OC(=O)c1ccc2c(c1)CCC(=O)N2)C(=O)N[C@H](C)[C@@H]1C[C@H]2CC[C@H]1C2. The van der Waals surface area contributed by atoms with Gasteiger partial charge in [-0.15, -0.1) is 0 Å². The van der Waals surface area contributed by atoms with Gasteiger partial charge in [-0.1, -0.05) is 6.42 Å². The maximum Gasteiger partial charge on any atom is 0.338 e. The van der Waals surface area contributed by atoms with E-state index in [0.29, 0.717) is 24.3 Å². The number of carbonyl (C=O) groups excluding carboxylic acids is 3. The standard InChI is InChI=1S/C22H28N2O4/c1-12(18-10-14-3-4-15(18)9-14)23-21(26)13(2)28-22(27)17-5-7-19-16(11-17)6-8-20(25)24-19/h5,7,11-15,18H,3-4,6,8-10H2,1-2H3,(H,23,26)(H,24,25)/t12-,13+,14+,15+,18+/m1/s1. The van der Waals surface area contributed by atoms with Crippen molar-refractivity contribution in [1.29, 1.82) is 0 Å². The first-order chi connectivity index (χ1) is 13.4. The molecule has 28 heavy (non-hydrogen) atoms. The molecule has 0 radical (unpaired) electrons. The highest BCUT2D eigenvalue weighted by molar-refractivity contribution is 5.96. The summed E-state index contributed by atoms with van der Waals surface area (Å²) in [6.07, 6.45) is 5.27. The largest absolute Gasteiger partial charge is 0.449 e. The molecule has 0 unspecified atom stereocenters. The van der Waals surface area contributed by atoms with Gasteiger partial charge < -0.3 is 15.4 Å². The van der Waals surface area contributed by atoms with Crippen molar-refractivity contribution >= 4 is 23.5 Å². The monoisotopic (exact) mass is 384 g/mol. The molecule has 2 amide bonds. The molecule has 5 atom stereocenters. The number of hydrogen-bond acceptors (Lipinski definition) is 4. The van der Waals surface area contributed by atoms with Gasteiger partial charge in [-0.05, 0) is 81.0 Å². The number of hydrogen-bond donors (Lipinski definition) is 2. The van der Waals surface area contributed by atoms with Gasteiger partial charge in [-0.25, -0.2) is 4.79 Å². The number of fused-ring (bicyclic) bond motifs is 3. The molecule has 2 saturated carbocycles. The molecule has 0 aromatic heterocycles. The molecule has 150 valence electrons. The summed E-state index contributed by atoms with van der Waals surface area (Å²) < 4.78 is 5.40. The van der Waals surface area contributed by atoms with Crippen LogP contribution in [0.3, 0.4) is 0 Å². The molecule has 3 aliphatic rings. The van der Waals surface area contributed by atoms with Crippen LogP contribution in [-0.4, -0.2) is 29.9 Å². The lowest BCUT2D eigenvalue weighted by atomic mass is 9.84. The number of anilines is 1. The van der Waals surface area contributed by atoms with Gasteiger partial charge in [-0.3, -0.25) is 9.59 Å². The van der Waals surface area contributed by atoms with E-state index in [4.69, 9.17) is 4.74 Å². The van der Waals surface area contributed by atoms with Gasteiger partial charge >= 0.3 is 5.97 Å². The van der Waals surface area contributed by atoms with Gasteiger partial charge in [0, 0.05) is 18.2 Å². The minimum Gasteiger partial charge on any atom is -0.449 e. The summed E-state index contributed by atoms with van der Waals surface area (Å²) in [5, 5.41) is 5.84.